The minimum absolute atomic E-state index is 0.0607. The Morgan fingerprint density at radius 3 is 2.03 bits per heavy atom. The van der Waals surface area contributed by atoms with Crippen molar-refractivity contribution in [2.24, 2.45) is 5.41 Å². The third-order valence-corrected chi connectivity index (χ3v) is 6.99. The smallest absolute Gasteiger partial charge is 0.329 e. The Hall–Kier alpha value is -3.15. The minimum atomic E-state index is -0.750. The van der Waals surface area contributed by atoms with Crippen molar-refractivity contribution < 1.29 is 19.1 Å². The molecular formula is C30H38N2O4. The Morgan fingerprint density at radius 1 is 0.944 bits per heavy atom. The van der Waals surface area contributed by atoms with Crippen LogP contribution < -0.4 is 5.32 Å². The predicted octanol–water partition coefficient (Wildman–Crippen LogP) is 5.05. The number of nitrogens with zero attached hydrogens (tertiary/aromatic N) is 1. The molecule has 0 radical (unpaired) electrons. The second-order valence-electron chi connectivity index (χ2n) is 12.0. The van der Waals surface area contributed by atoms with Crippen LogP contribution in [0.5, 0.6) is 0 Å². The van der Waals surface area contributed by atoms with E-state index in [-0.39, 0.29) is 30.1 Å². The Kier molecular flexibility index (Phi) is 7.00. The molecule has 2 unspecified atom stereocenters. The molecule has 4 rings (SSSR count). The zero-order chi connectivity index (χ0) is 26.3. The van der Waals surface area contributed by atoms with Crippen LogP contribution in [0.4, 0.5) is 0 Å². The van der Waals surface area contributed by atoms with Crippen molar-refractivity contribution in [1.82, 2.24) is 10.2 Å². The Bertz CT molecular complexity index is 1110. The van der Waals surface area contributed by atoms with Gasteiger partial charge in [0.2, 0.25) is 11.8 Å². The molecule has 1 aliphatic carbocycles. The number of ether oxygens (including phenoxy) is 1. The van der Waals surface area contributed by atoms with Gasteiger partial charge in [0, 0.05) is 18.9 Å². The third-order valence-electron chi connectivity index (χ3n) is 6.99. The van der Waals surface area contributed by atoms with Crippen LogP contribution >= 0.6 is 0 Å². The highest BCUT2D eigenvalue weighted by molar-refractivity contribution is 5.92. The zero-order valence-electron chi connectivity index (χ0n) is 22.3. The summed E-state index contributed by atoms with van der Waals surface area (Å²) in [5.74, 6) is -0.842. The number of benzene rings is 2. The van der Waals surface area contributed by atoms with Gasteiger partial charge in [-0.3, -0.25) is 9.59 Å². The van der Waals surface area contributed by atoms with Gasteiger partial charge in [-0.15, -0.1) is 0 Å². The summed E-state index contributed by atoms with van der Waals surface area (Å²) >= 11 is 0. The molecule has 0 aromatic heterocycles. The molecule has 1 heterocycles. The second kappa shape index (κ2) is 9.72. The van der Waals surface area contributed by atoms with Crippen molar-refractivity contribution in [3.05, 3.63) is 59.7 Å². The summed E-state index contributed by atoms with van der Waals surface area (Å²) in [5.41, 5.74) is 3.44. The molecule has 2 aliphatic rings. The maximum Gasteiger partial charge on any atom is 0.329 e. The molecule has 6 nitrogen and oxygen atoms in total. The van der Waals surface area contributed by atoms with E-state index >= 15 is 0 Å². The van der Waals surface area contributed by atoms with E-state index in [4.69, 9.17) is 4.74 Å². The van der Waals surface area contributed by atoms with Crippen molar-refractivity contribution in [1.29, 1.82) is 0 Å². The molecule has 0 saturated carbocycles. The van der Waals surface area contributed by atoms with Gasteiger partial charge in [0.15, 0.2) is 0 Å². The van der Waals surface area contributed by atoms with Crippen LogP contribution in [0, 0.1) is 5.41 Å². The number of rotatable bonds is 5. The lowest BCUT2D eigenvalue weighted by Crippen LogP contribution is -2.57. The van der Waals surface area contributed by atoms with Crippen LogP contribution in [-0.2, 0) is 19.1 Å². The first-order valence-corrected chi connectivity index (χ1v) is 12.9. The number of nitrogens with one attached hydrogen (secondary N) is 1. The van der Waals surface area contributed by atoms with E-state index in [1.54, 1.807) is 4.90 Å². The molecule has 6 heteroatoms. The van der Waals surface area contributed by atoms with E-state index in [9.17, 15) is 14.4 Å². The molecule has 2 aromatic carbocycles. The highest BCUT2D eigenvalue weighted by Gasteiger charge is 2.43. The van der Waals surface area contributed by atoms with E-state index < -0.39 is 23.1 Å². The molecule has 2 amide bonds. The van der Waals surface area contributed by atoms with Gasteiger partial charge in [-0.25, -0.2) is 4.79 Å². The van der Waals surface area contributed by atoms with Gasteiger partial charge < -0.3 is 15.0 Å². The van der Waals surface area contributed by atoms with Crippen LogP contribution in [-0.4, -0.2) is 46.9 Å². The number of carbonyl (C=O) groups excluding carboxylic acids is 3. The first kappa shape index (κ1) is 25.9. The highest BCUT2D eigenvalue weighted by Crippen LogP contribution is 2.46. The number of hydrogen-bond acceptors (Lipinski definition) is 4. The first-order valence-electron chi connectivity index (χ1n) is 12.9. The summed E-state index contributed by atoms with van der Waals surface area (Å²) in [7, 11) is 0. The molecule has 36 heavy (non-hydrogen) atoms. The van der Waals surface area contributed by atoms with Crippen molar-refractivity contribution in [3.8, 4) is 11.1 Å². The number of carbonyl (C=O) groups is 3. The average molecular weight is 491 g/mol. The van der Waals surface area contributed by atoms with Crippen LogP contribution in [0.25, 0.3) is 11.1 Å². The van der Waals surface area contributed by atoms with Crippen LogP contribution in [0.2, 0.25) is 0 Å². The lowest BCUT2D eigenvalue weighted by atomic mass is 9.85. The third kappa shape index (κ3) is 5.32. The van der Waals surface area contributed by atoms with Gasteiger partial charge in [0.1, 0.15) is 17.7 Å². The zero-order valence-corrected chi connectivity index (χ0v) is 22.3. The summed E-state index contributed by atoms with van der Waals surface area (Å²) in [4.78, 5) is 41.6. The van der Waals surface area contributed by atoms with Gasteiger partial charge >= 0.3 is 5.97 Å². The van der Waals surface area contributed by atoms with Crippen molar-refractivity contribution in [3.63, 3.8) is 0 Å². The van der Waals surface area contributed by atoms with E-state index in [0.717, 1.165) is 28.7 Å². The minimum Gasteiger partial charge on any atom is -0.458 e. The summed E-state index contributed by atoms with van der Waals surface area (Å²) in [6, 6.07) is 15.0. The highest BCUT2D eigenvalue weighted by atomic mass is 16.6. The van der Waals surface area contributed by atoms with E-state index in [2.05, 4.69) is 29.6 Å². The van der Waals surface area contributed by atoms with Gasteiger partial charge in [-0.05, 0) is 61.3 Å². The summed E-state index contributed by atoms with van der Waals surface area (Å²) < 4.78 is 5.58. The van der Waals surface area contributed by atoms with Gasteiger partial charge in [0.05, 0.1) is 0 Å². The summed E-state index contributed by atoms with van der Waals surface area (Å²) in [6.07, 6.45) is 1.56. The maximum atomic E-state index is 13.7. The normalized spacial score (nSPS) is 18.4. The lowest BCUT2D eigenvalue weighted by Gasteiger charge is -2.36. The van der Waals surface area contributed by atoms with Crippen LogP contribution in [0.15, 0.2) is 48.5 Å². The van der Waals surface area contributed by atoms with Gasteiger partial charge in [0.25, 0.3) is 0 Å². The second-order valence-corrected chi connectivity index (χ2v) is 12.0. The fraction of sp³-hybridized carbons (Fsp3) is 0.500. The molecule has 1 fully saturated rings. The van der Waals surface area contributed by atoms with Crippen LogP contribution in [0.1, 0.15) is 77.8 Å². The maximum absolute atomic E-state index is 13.7. The van der Waals surface area contributed by atoms with Crippen molar-refractivity contribution in [2.75, 3.05) is 6.54 Å². The molecule has 0 bridgehead atoms. The molecule has 1 saturated heterocycles. The fourth-order valence-corrected chi connectivity index (χ4v) is 5.34. The topological polar surface area (TPSA) is 75.7 Å². The molecule has 192 valence electrons. The first-order chi connectivity index (χ1) is 16.9. The van der Waals surface area contributed by atoms with Gasteiger partial charge in [-0.2, -0.15) is 0 Å². The molecule has 2 aromatic rings. The number of hydrogen-bond donors (Lipinski definition) is 1. The Balaban J connectivity index is 1.52. The molecule has 1 aliphatic heterocycles. The number of amides is 2. The summed E-state index contributed by atoms with van der Waals surface area (Å²) in [6.45, 7) is 11.8. The number of esters is 1. The Morgan fingerprint density at radius 2 is 1.50 bits per heavy atom. The number of fused-ring (bicyclic) bond motifs is 3. The Labute approximate surface area is 214 Å². The molecule has 1 N–H and O–H groups in total. The largest absolute Gasteiger partial charge is 0.458 e. The van der Waals surface area contributed by atoms with E-state index in [1.807, 2.05) is 65.8 Å². The van der Waals surface area contributed by atoms with E-state index in [1.165, 1.54) is 0 Å². The van der Waals surface area contributed by atoms with Crippen molar-refractivity contribution in [2.45, 2.75) is 84.4 Å². The quantitative estimate of drug-likeness (QED) is 0.595. The SMILES string of the molecule is CC(C)(C)OC(=O)C1CCCN1C(=O)C(NC(=O)CC1c2ccccc2-c2ccccc21)C(C)(C)C. The monoisotopic (exact) mass is 490 g/mol. The van der Waals surface area contributed by atoms with E-state index in [0.29, 0.717) is 13.0 Å². The fourth-order valence-electron chi connectivity index (χ4n) is 5.34. The van der Waals surface area contributed by atoms with Gasteiger partial charge in [-0.1, -0.05) is 69.3 Å². The summed E-state index contributed by atoms with van der Waals surface area (Å²) in [5, 5.41) is 3.05. The molecule has 0 spiro atoms. The average Bonchev–Trinajstić information content (AvgIpc) is 3.40. The number of likely N-dealkylation sites (tertiary alicyclic amines) is 1. The standard InChI is InChI=1S/C30H38N2O4/c1-29(2,3)26(27(34)32-17-11-16-24(32)28(35)36-30(4,5)6)31-25(33)18-23-21-14-9-7-12-19(21)20-13-8-10-15-22(20)23/h7-10,12-15,23-24,26H,11,16-18H2,1-6H3,(H,31,33). The van der Waals surface area contributed by atoms with Crippen LogP contribution in [0.3, 0.4) is 0 Å². The molecular weight excluding hydrogens is 452 g/mol. The molecule has 2 atom stereocenters. The lowest BCUT2D eigenvalue weighted by molar-refractivity contribution is -0.164. The van der Waals surface area contributed by atoms with Crippen molar-refractivity contribution >= 4 is 17.8 Å². The predicted molar refractivity (Wildman–Crippen MR) is 140 cm³/mol.